The maximum absolute atomic E-state index is 12.4. The summed E-state index contributed by atoms with van der Waals surface area (Å²) < 4.78 is 0. The molecule has 0 radical (unpaired) electrons. The molecule has 0 bridgehead atoms. The Morgan fingerprint density at radius 1 is 1.42 bits per heavy atom. The second kappa shape index (κ2) is 6.26. The number of hydrogen-bond donors (Lipinski definition) is 3. The lowest BCUT2D eigenvalue weighted by Gasteiger charge is -2.39. The van der Waals surface area contributed by atoms with Gasteiger partial charge in [0.05, 0.1) is 0 Å². The Labute approximate surface area is 115 Å². The van der Waals surface area contributed by atoms with Crippen molar-refractivity contribution in [1.29, 1.82) is 0 Å². The van der Waals surface area contributed by atoms with Gasteiger partial charge in [0, 0.05) is 6.04 Å². The number of nitrogens with two attached hydrogens (primary N) is 1. The predicted molar refractivity (Wildman–Crippen MR) is 75.9 cm³/mol. The topological polar surface area (TPSA) is 87.7 Å². The van der Waals surface area contributed by atoms with Gasteiger partial charge in [0.2, 0.25) is 5.91 Å². The zero-order chi connectivity index (χ0) is 14.6. The molecule has 1 fully saturated rings. The highest BCUT2D eigenvalue weighted by Crippen LogP contribution is 2.35. The fourth-order valence-corrected chi connectivity index (χ4v) is 2.86. The van der Waals surface area contributed by atoms with Gasteiger partial charge in [0.25, 0.3) is 0 Å². The van der Waals surface area contributed by atoms with E-state index in [0.29, 0.717) is 0 Å². The zero-order valence-corrected chi connectivity index (χ0v) is 12.4. The second-order valence-corrected chi connectivity index (χ2v) is 6.54. The molecule has 1 rings (SSSR count). The maximum Gasteiger partial charge on any atom is 0.231 e. The van der Waals surface area contributed by atoms with E-state index in [1.54, 1.807) is 0 Å². The van der Waals surface area contributed by atoms with Crippen LogP contribution in [0.3, 0.4) is 0 Å². The van der Waals surface area contributed by atoms with E-state index in [1.807, 2.05) is 13.8 Å². The van der Waals surface area contributed by atoms with Gasteiger partial charge in [-0.05, 0) is 24.2 Å². The molecule has 5 heteroatoms. The van der Waals surface area contributed by atoms with E-state index < -0.39 is 5.92 Å². The Morgan fingerprint density at radius 2 is 2.05 bits per heavy atom. The summed E-state index contributed by atoms with van der Waals surface area (Å²) in [6.07, 6.45) is 4.48. The van der Waals surface area contributed by atoms with Crippen LogP contribution < -0.4 is 11.1 Å². The first kappa shape index (κ1) is 15.8. The van der Waals surface area contributed by atoms with Crippen LogP contribution >= 0.6 is 0 Å². The molecule has 0 saturated heterocycles. The number of nitrogens with zero attached hydrogens (tertiary/aromatic N) is 1. The van der Waals surface area contributed by atoms with Crippen LogP contribution in [0.25, 0.3) is 0 Å². The van der Waals surface area contributed by atoms with Crippen LogP contribution in [0, 0.1) is 17.3 Å². The van der Waals surface area contributed by atoms with Crippen molar-refractivity contribution in [3.8, 4) is 0 Å². The van der Waals surface area contributed by atoms with Gasteiger partial charge in [-0.25, -0.2) is 0 Å². The van der Waals surface area contributed by atoms with Gasteiger partial charge in [-0.2, -0.15) is 0 Å². The first-order chi connectivity index (χ1) is 8.79. The quantitative estimate of drug-likeness (QED) is 0.316. The number of hydrogen-bond acceptors (Lipinski definition) is 3. The molecule has 1 saturated carbocycles. The van der Waals surface area contributed by atoms with Crippen molar-refractivity contribution in [1.82, 2.24) is 5.32 Å². The Morgan fingerprint density at radius 3 is 2.53 bits per heavy atom. The van der Waals surface area contributed by atoms with E-state index in [4.69, 9.17) is 10.9 Å². The Kier molecular flexibility index (Phi) is 5.20. The smallest absolute Gasteiger partial charge is 0.231 e. The third-order valence-electron chi connectivity index (χ3n) is 4.21. The maximum atomic E-state index is 12.4. The largest absolute Gasteiger partial charge is 0.409 e. The lowest BCUT2D eigenvalue weighted by atomic mass is 9.73. The van der Waals surface area contributed by atoms with E-state index in [9.17, 15) is 4.79 Å². The van der Waals surface area contributed by atoms with Gasteiger partial charge >= 0.3 is 0 Å². The van der Waals surface area contributed by atoms with Crippen molar-refractivity contribution >= 4 is 11.7 Å². The lowest BCUT2D eigenvalue weighted by Crippen LogP contribution is -2.51. The molecule has 1 aliphatic rings. The fraction of sp³-hybridized carbons (Fsp3) is 0.857. The van der Waals surface area contributed by atoms with E-state index in [2.05, 4.69) is 24.3 Å². The highest BCUT2D eigenvalue weighted by Gasteiger charge is 2.36. The number of rotatable bonds is 4. The van der Waals surface area contributed by atoms with Crippen LogP contribution in [0.15, 0.2) is 5.16 Å². The van der Waals surface area contributed by atoms with Crippen LogP contribution in [0.2, 0.25) is 0 Å². The molecule has 1 aliphatic carbocycles. The van der Waals surface area contributed by atoms with E-state index >= 15 is 0 Å². The first-order valence-electron chi connectivity index (χ1n) is 7.07. The third-order valence-corrected chi connectivity index (χ3v) is 4.21. The molecule has 0 aromatic rings. The molecular weight excluding hydrogens is 242 g/mol. The van der Waals surface area contributed by atoms with Crippen LogP contribution in [0.4, 0.5) is 0 Å². The Hall–Kier alpha value is -1.26. The van der Waals surface area contributed by atoms with Gasteiger partial charge in [-0.1, -0.05) is 45.7 Å². The summed E-state index contributed by atoms with van der Waals surface area (Å²) >= 11 is 0. The number of oxime groups is 1. The normalized spacial score (nSPS) is 25.1. The first-order valence-corrected chi connectivity index (χ1v) is 7.07. The third kappa shape index (κ3) is 3.85. The molecule has 0 aromatic carbocycles. The highest BCUT2D eigenvalue weighted by atomic mass is 16.4. The van der Waals surface area contributed by atoms with Crippen molar-refractivity contribution in [2.24, 2.45) is 28.1 Å². The molecule has 1 amide bonds. The summed E-state index contributed by atoms with van der Waals surface area (Å²) in [6.45, 7) is 8.17. The van der Waals surface area contributed by atoms with E-state index in [-0.39, 0.29) is 29.1 Å². The van der Waals surface area contributed by atoms with Crippen molar-refractivity contribution in [3.05, 3.63) is 0 Å². The standard InChI is InChI=1S/C14H27N3O2/c1-9(2)11(12(15)17-19)13(18)16-10-7-5-6-8-14(10,3)4/h9-11,19H,5-8H2,1-4H3,(H2,15,17)(H,16,18). The average molecular weight is 269 g/mol. The molecular formula is C14H27N3O2. The molecule has 110 valence electrons. The molecule has 2 atom stereocenters. The summed E-state index contributed by atoms with van der Waals surface area (Å²) in [4.78, 5) is 12.4. The fourth-order valence-electron chi connectivity index (χ4n) is 2.86. The van der Waals surface area contributed by atoms with Gasteiger partial charge in [0.1, 0.15) is 5.92 Å². The van der Waals surface area contributed by atoms with Crippen molar-refractivity contribution in [2.75, 3.05) is 0 Å². The summed E-state index contributed by atoms with van der Waals surface area (Å²) in [5, 5.41) is 14.9. The van der Waals surface area contributed by atoms with Crippen LogP contribution in [0.5, 0.6) is 0 Å². The molecule has 0 aliphatic heterocycles. The average Bonchev–Trinajstić information content (AvgIpc) is 2.31. The van der Waals surface area contributed by atoms with Gasteiger partial charge in [-0.3, -0.25) is 4.79 Å². The molecule has 2 unspecified atom stereocenters. The summed E-state index contributed by atoms with van der Waals surface area (Å²) in [5.41, 5.74) is 5.74. The summed E-state index contributed by atoms with van der Waals surface area (Å²) in [5.74, 6) is -0.711. The number of amidine groups is 1. The Balaban J connectivity index is 2.76. The van der Waals surface area contributed by atoms with Crippen molar-refractivity contribution in [2.45, 2.75) is 59.4 Å². The number of carbonyl (C=O) groups excluding carboxylic acids is 1. The number of carbonyl (C=O) groups is 1. The minimum absolute atomic E-state index is 0.00241. The predicted octanol–water partition coefficient (Wildman–Crippen LogP) is 2.09. The molecule has 0 heterocycles. The monoisotopic (exact) mass is 269 g/mol. The number of nitrogens with one attached hydrogen (secondary N) is 1. The highest BCUT2D eigenvalue weighted by molar-refractivity contribution is 6.02. The SMILES string of the molecule is CC(C)C(C(=O)NC1CCCCC1(C)C)C(N)=NO. The zero-order valence-electron chi connectivity index (χ0n) is 12.4. The lowest BCUT2D eigenvalue weighted by molar-refractivity contribution is -0.126. The van der Waals surface area contributed by atoms with E-state index in [1.165, 1.54) is 6.42 Å². The van der Waals surface area contributed by atoms with Crippen LogP contribution in [-0.4, -0.2) is 23.0 Å². The molecule has 0 aromatic heterocycles. The minimum atomic E-state index is -0.567. The summed E-state index contributed by atoms with van der Waals surface area (Å²) in [7, 11) is 0. The van der Waals surface area contributed by atoms with Crippen LogP contribution in [0.1, 0.15) is 53.4 Å². The van der Waals surface area contributed by atoms with E-state index in [0.717, 1.165) is 19.3 Å². The van der Waals surface area contributed by atoms with Crippen molar-refractivity contribution in [3.63, 3.8) is 0 Å². The molecule has 0 spiro atoms. The summed E-state index contributed by atoms with van der Waals surface area (Å²) in [6, 6.07) is 0.168. The molecule has 5 nitrogen and oxygen atoms in total. The molecule has 19 heavy (non-hydrogen) atoms. The van der Waals surface area contributed by atoms with Gasteiger partial charge < -0.3 is 16.3 Å². The molecule has 4 N–H and O–H groups in total. The Bertz CT molecular complexity index is 351. The number of amides is 1. The van der Waals surface area contributed by atoms with Gasteiger partial charge in [-0.15, -0.1) is 0 Å². The second-order valence-electron chi connectivity index (χ2n) is 6.54. The minimum Gasteiger partial charge on any atom is -0.409 e. The van der Waals surface area contributed by atoms with Crippen LogP contribution in [-0.2, 0) is 4.79 Å². The van der Waals surface area contributed by atoms with Gasteiger partial charge in [0.15, 0.2) is 5.84 Å². The van der Waals surface area contributed by atoms with Crippen molar-refractivity contribution < 1.29 is 10.0 Å².